The first-order chi connectivity index (χ1) is 41.0. The third-order valence-electron chi connectivity index (χ3n) is 13.0. The zero-order valence-corrected chi connectivity index (χ0v) is 50.8. The summed E-state index contributed by atoms with van der Waals surface area (Å²) in [5, 5.41) is 35.7. The van der Waals surface area contributed by atoms with Crippen LogP contribution in [0.4, 0.5) is 0 Å². The van der Waals surface area contributed by atoms with Gasteiger partial charge in [0.2, 0.25) is 89.1 Å². The second-order valence-electron chi connectivity index (χ2n) is 21.7. The first kappa shape index (κ1) is 78.8. The van der Waals surface area contributed by atoms with Gasteiger partial charge < -0.3 is 104 Å². The molecule has 0 aromatic carbocycles. The summed E-state index contributed by atoms with van der Waals surface area (Å²) in [5.41, 5.74) is 38.0. The van der Waals surface area contributed by atoms with Crippen molar-refractivity contribution < 1.29 is 81.8 Å². The van der Waals surface area contributed by atoms with Gasteiger partial charge in [-0.25, -0.2) is 4.79 Å². The topological polar surface area (TPSA) is 620 Å². The molecule has 11 atom stereocenters. The monoisotopic (exact) mass is 1250 g/mol. The number of carbonyl (C=O) groups is 16. The van der Waals surface area contributed by atoms with Crippen LogP contribution in [0, 0.1) is 17.8 Å². The molecule has 496 valence electrons. The number of carboxylic acids is 1. The van der Waals surface area contributed by atoms with E-state index in [1.54, 1.807) is 27.7 Å². The molecule has 0 fully saturated rings. The lowest BCUT2D eigenvalue weighted by atomic mass is 9.99. The molecule has 0 bridgehead atoms. The molecule has 0 unspecified atom stereocenters. The fourth-order valence-electron chi connectivity index (χ4n) is 8.09. The number of hydrogen-bond acceptors (Lipinski definition) is 18. The second kappa shape index (κ2) is 40.2. The third kappa shape index (κ3) is 30.7. The highest BCUT2D eigenvalue weighted by Crippen LogP contribution is 2.11. The summed E-state index contributed by atoms with van der Waals surface area (Å²) in [6.07, 6.45) is -3.43. The summed E-state index contributed by atoms with van der Waals surface area (Å²) >= 11 is 0. The number of aliphatic imine (C=N–C) groups is 1. The van der Waals surface area contributed by atoms with Gasteiger partial charge in [-0.2, -0.15) is 0 Å². The van der Waals surface area contributed by atoms with Gasteiger partial charge in [-0.15, -0.1) is 0 Å². The minimum atomic E-state index is -1.93. The molecule has 0 aromatic rings. The molecule has 15 amide bonds. The van der Waals surface area contributed by atoms with Crippen LogP contribution in [-0.4, -0.2) is 186 Å². The Morgan fingerprint density at radius 3 is 1.11 bits per heavy atom. The Bertz CT molecular complexity index is 2510. The van der Waals surface area contributed by atoms with Crippen molar-refractivity contribution in [2.75, 3.05) is 13.1 Å². The number of nitrogens with one attached hydrogen (secondary N) is 11. The lowest BCUT2D eigenvalue weighted by Gasteiger charge is -2.28. The number of unbranched alkanes of at least 4 members (excludes halogenated alkanes) is 1. The zero-order valence-electron chi connectivity index (χ0n) is 50.8. The molecule has 26 N–H and O–H groups in total. The van der Waals surface area contributed by atoms with Gasteiger partial charge in [-0.1, -0.05) is 41.5 Å². The molecule has 0 aromatic heterocycles. The highest BCUT2D eigenvalue weighted by Gasteiger charge is 2.37. The number of aliphatic carboxylic acids is 1. The highest BCUT2D eigenvalue weighted by atomic mass is 16.4. The van der Waals surface area contributed by atoms with E-state index in [2.05, 4.69) is 63.5 Å². The second-order valence-corrected chi connectivity index (χ2v) is 21.7. The van der Waals surface area contributed by atoms with Crippen LogP contribution >= 0.6 is 0 Å². The van der Waals surface area contributed by atoms with Crippen molar-refractivity contribution in [2.45, 2.75) is 192 Å². The molecule has 0 aliphatic heterocycles. The Morgan fingerprint density at radius 1 is 0.386 bits per heavy atom. The van der Waals surface area contributed by atoms with Gasteiger partial charge >= 0.3 is 5.97 Å². The van der Waals surface area contributed by atoms with Gasteiger partial charge in [0.15, 0.2) is 5.96 Å². The van der Waals surface area contributed by atoms with Crippen LogP contribution < -0.4 is 98.6 Å². The van der Waals surface area contributed by atoms with Crippen molar-refractivity contribution in [3.8, 4) is 0 Å². The average Bonchev–Trinajstić information content (AvgIpc) is 3.62. The lowest BCUT2D eigenvalue weighted by molar-refractivity contribution is -0.144. The maximum absolute atomic E-state index is 14.2. The maximum Gasteiger partial charge on any atom is 0.326 e. The predicted octanol–water partition coefficient (Wildman–Crippen LogP) is -8.49. The van der Waals surface area contributed by atoms with E-state index in [9.17, 15) is 81.8 Å². The molecule has 88 heavy (non-hydrogen) atoms. The first-order valence-electron chi connectivity index (χ1n) is 28.3. The van der Waals surface area contributed by atoms with E-state index in [1.807, 2.05) is 0 Å². The Labute approximate surface area is 508 Å². The number of amides is 15. The number of nitrogens with two attached hydrogens (primary N) is 7. The van der Waals surface area contributed by atoms with Crippen molar-refractivity contribution in [3.05, 3.63) is 0 Å². The van der Waals surface area contributed by atoms with Crippen LogP contribution in [-0.2, 0) is 76.7 Å². The Balaban J connectivity index is 6.89. The summed E-state index contributed by atoms with van der Waals surface area (Å²) in [6.45, 7) is 12.1. The molecule has 0 saturated carbocycles. The molecular formula is C52H91N19O17. The first-order valence-corrected chi connectivity index (χ1v) is 28.3. The van der Waals surface area contributed by atoms with Crippen molar-refractivity contribution in [3.63, 3.8) is 0 Å². The molecule has 0 aliphatic rings. The number of primary amides is 4. The van der Waals surface area contributed by atoms with Crippen LogP contribution in [0.15, 0.2) is 4.99 Å². The van der Waals surface area contributed by atoms with Crippen molar-refractivity contribution in [1.29, 1.82) is 0 Å². The van der Waals surface area contributed by atoms with Crippen LogP contribution in [0.3, 0.4) is 0 Å². The van der Waals surface area contributed by atoms with Crippen LogP contribution in [0.2, 0.25) is 0 Å². The Hall–Kier alpha value is -9.25. The van der Waals surface area contributed by atoms with Gasteiger partial charge in [0.05, 0.1) is 12.8 Å². The number of rotatable bonds is 44. The Kier molecular flexibility index (Phi) is 36.0. The van der Waals surface area contributed by atoms with Crippen LogP contribution in [0.1, 0.15) is 126 Å². The van der Waals surface area contributed by atoms with E-state index in [0.717, 1.165) is 0 Å². The highest BCUT2D eigenvalue weighted by molar-refractivity contribution is 6.00. The molecule has 0 aliphatic carbocycles. The fraction of sp³-hybridized carbons (Fsp3) is 0.673. The lowest BCUT2D eigenvalue weighted by Crippen LogP contribution is -2.61. The summed E-state index contributed by atoms with van der Waals surface area (Å²) in [5.74, 6) is -17.7. The quantitative estimate of drug-likeness (QED) is 0.0117. The minimum absolute atomic E-state index is 0.0341. The number of guanidine groups is 1. The average molecular weight is 1250 g/mol. The standard InChI is InChI=1S/C52H91N19O17/c1-23(2)38(61-22-72)48(84)71-39(24(3)4)49(85)63-26(7)41(77)64-30(14-16-34(54)73)45(81)67-31(15-17-35(55)74)46(82)68-32(20-36(56)75)47(83)66-28(12-9-10-18-53)44(80)65-29(13-11-19-60-52(58)59)43(79)62-27(8)42(78)70-40(25(5)6)50(86)69-33(51(87)88)21-37(57)76/h22-33,38-40H,9-21,53H2,1-8H3,(H2,54,73)(H2,55,74)(H2,56,75)(H2,57,76)(H,61,72)(H,62,79)(H,63,85)(H,64,77)(H,65,80)(H,66,83)(H,67,81)(H,68,82)(H,69,86)(H,70,78)(H,71,84)(H,87,88)(H4,58,59,60)/t26-,27+,28+,29-,30+,31+,32-,33+,38-,39-,40-/m1/s1. The fourth-order valence-corrected chi connectivity index (χ4v) is 8.09. The van der Waals surface area contributed by atoms with Gasteiger partial charge in [-0.3, -0.25) is 76.9 Å². The largest absolute Gasteiger partial charge is 0.480 e. The summed E-state index contributed by atoms with van der Waals surface area (Å²) < 4.78 is 0. The van der Waals surface area contributed by atoms with Crippen molar-refractivity contribution in [2.24, 2.45) is 62.9 Å². The van der Waals surface area contributed by atoms with Crippen LogP contribution in [0.5, 0.6) is 0 Å². The molecule has 0 heterocycles. The van der Waals surface area contributed by atoms with E-state index >= 15 is 0 Å². The van der Waals surface area contributed by atoms with Crippen molar-refractivity contribution >= 4 is 101 Å². The summed E-state index contributed by atoms with van der Waals surface area (Å²) in [6, 6.07) is -16.7. The normalized spacial score (nSPS) is 14.7. The van der Waals surface area contributed by atoms with E-state index in [1.165, 1.54) is 27.7 Å². The summed E-state index contributed by atoms with van der Waals surface area (Å²) in [7, 11) is 0. The molecule has 36 heteroatoms. The maximum atomic E-state index is 14.2. The molecule has 0 saturated heterocycles. The van der Waals surface area contributed by atoms with Gasteiger partial charge in [0, 0.05) is 19.4 Å². The van der Waals surface area contributed by atoms with Gasteiger partial charge in [0.25, 0.3) is 0 Å². The molecular weight excluding hydrogens is 1160 g/mol. The number of carboxylic acid groups (broad SMARTS) is 1. The SMILES string of the molecule is CC(C)[C@@H](NC=O)C(=O)N[C@@H](C(=O)N[C@H](C)C(=O)N[C@@H](CCC(N)=O)C(=O)N[C@@H](CCC(N)=O)C(=O)N[C@H](CC(N)=O)C(=O)N[C@@H](CCCCN)C(=O)N[C@H](CCCN=C(N)N)C(=O)N[C@@H](C)C(=O)N[C@@H](C(=O)N[C@@H](CC(N)=O)C(=O)O)C(C)C)C(C)C. The van der Waals surface area contributed by atoms with E-state index in [0.29, 0.717) is 12.8 Å². The third-order valence-corrected chi connectivity index (χ3v) is 13.0. The molecule has 0 spiro atoms. The molecule has 36 nitrogen and oxygen atoms in total. The number of carbonyl (C=O) groups excluding carboxylic acids is 15. The Morgan fingerprint density at radius 2 is 0.716 bits per heavy atom. The van der Waals surface area contributed by atoms with Gasteiger partial charge in [0.1, 0.15) is 66.5 Å². The predicted molar refractivity (Wildman–Crippen MR) is 313 cm³/mol. The van der Waals surface area contributed by atoms with E-state index in [4.69, 9.17) is 40.1 Å². The van der Waals surface area contributed by atoms with E-state index in [-0.39, 0.29) is 50.7 Å². The zero-order chi connectivity index (χ0) is 67.7. The van der Waals surface area contributed by atoms with Gasteiger partial charge in [-0.05, 0) is 83.1 Å². The number of hydrogen-bond donors (Lipinski definition) is 19. The molecule has 0 rings (SSSR count). The van der Waals surface area contributed by atoms with E-state index < -0.39 is 205 Å². The minimum Gasteiger partial charge on any atom is -0.480 e. The van der Waals surface area contributed by atoms with Crippen LogP contribution in [0.25, 0.3) is 0 Å². The smallest absolute Gasteiger partial charge is 0.326 e. The number of nitrogens with zero attached hydrogens (tertiary/aromatic N) is 1. The van der Waals surface area contributed by atoms with Crippen molar-refractivity contribution in [1.82, 2.24) is 58.5 Å². The molecule has 0 radical (unpaired) electrons. The summed E-state index contributed by atoms with van der Waals surface area (Å²) in [4.78, 5) is 211.